The molecular formula is C16H25IN6O. The summed E-state index contributed by atoms with van der Waals surface area (Å²) in [7, 11) is 5.69. The summed E-state index contributed by atoms with van der Waals surface area (Å²) in [6.45, 7) is 4.96. The number of anilines is 1. The highest BCUT2D eigenvalue weighted by Crippen LogP contribution is 2.13. The molecule has 0 spiro atoms. The Morgan fingerprint density at radius 1 is 1.25 bits per heavy atom. The number of aryl methyl sites for hydroxylation is 2. The first kappa shape index (κ1) is 20.2. The zero-order valence-corrected chi connectivity index (χ0v) is 17.1. The Hall–Kier alpha value is -1.84. The monoisotopic (exact) mass is 444 g/mol. The van der Waals surface area contributed by atoms with E-state index in [-0.39, 0.29) is 24.0 Å². The number of rotatable bonds is 5. The lowest BCUT2D eigenvalue weighted by molar-refractivity contribution is 0.463. The number of hydrogen-bond acceptors (Lipinski definition) is 5. The minimum absolute atomic E-state index is 0. The maximum Gasteiger partial charge on any atom is 0.214 e. The van der Waals surface area contributed by atoms with Crippen LogP contribution in [-0.2, 0) is 13.1 Å². The van der Waals surface area contributed by atoms with Crippen molar-refractivity contribution in [3.05, 3.63) is 41.2 Å². The maximum atomic E-state index is 5.55. The molecule has 0 radical (unpaired) electrons. The molecule has 0 bridgehead atoms. The molecule has 0 aromatic carbocycles. The van der Waals surface area contributed by atoms with Gasteiger partial charge in [-0.15, -0.1) is 24.0 Å². The molecule has 0 aliphatic heterocycles. The number of nitrogens with one attached hydrogen (secondary N) is 2. The van der Waals surface area contributed by atoms with Gasteiger partial charge >= 0.3 is 0 Å². The van der Waals surface area contributed by atoms with Crippen LogP contribution >= 0.6 is 24.0 Å². The molecule has 7 nitrogen and oxygen atoms in total. The number of pyridine rings is 1. The molecule has 0 aliphatic rings. The number of nitrogens with zero attached hydrogens (tertiary/aromatic N) is 4. The summed E-state index contributed by atoms with van der Waals surface area (Å²) in [5.41, 5.74) is 2.01. The fraction of sp³-hybridized carbons (Fsp3) is 0.438. The zero-order valence-electron chi connectivity index (χ0n) is 14.8. The van der Waals surface area contributed by atoms with E-state index in [9.17, 15) is 0 Å². The first-order valence-electron chi connectivity index (χ1n) is 7.50. The molecule has 0 unspecified atom stereocenters. The Morgan fingerprint density at radius 3 is 2.54 bits per heavy atom. The predicted molar refractivity (Wildman–Crippen MR) is 107 cm³/mol. The highest BCUT2D eigenvalue weighted by atomic mass is 127. The zero-order chi connectivity index (χ0) is 16.8. The number of guanidine groups is 1. The fourth-order valence-electron chi connectivity index (χ4n) is 2.14. The lowest BCUT2D eigenvalue weighted by atomic mass is 10.2. The van der Waals surface area contributed by atoms with Crippen molar-refractivity contribution in [2.45, 2.75) is 26.9 Å². The minimum atomic E-state index is 0. The number of hydrogen-bond donors (Lipinski definition) is 2. The van der Waals surface area contributed by atoms with E-state index in [1.165, 1.54) is 0 Å². The third kappa shape index (κ3) is 5.36. The largest absolute Gasteiger partial charge is 0.444 e. The first-order valence-corrected chi connectivity index (χ1v) is 7.50. The second-order valence-corrected chi connectivity index (χ2v) is 5.41. The quantitative estimate of drug-likeness (QED) is 0.419. The predicted octanol–water partition coefficient (Wildman–Crippen LogP) is 2.24. The van der Waals surface area contributed by atoms with Gasteiger partial charge in [-0.05, 0) is 19.9 Å². The van der Waals surface area contributed by atoms with Gasteiger partial charge in [0.1, 0.15) is 11.6 Å². The number of aliphatic imine (C=N–C) groups is 1. The highest BCUT2D eigenvalue weighted by Gasteiger charge is 2.08. The molecule has 0 fully saturated rings. The molecule has 0 atom stereocenters. The van der Waals surface area contributed by atoms with E-state index in [1.807, 2.05) is 45.0 Å². The van der Waals surface area contributed by atoms with Crippen LogP contribution in [0, 0.1) is 13.8 Å². The lowest BCUT2D eigenvalue weighted by Crippen LogP contribution is -2.36. The van der Waals surface area contributed by atoms with Crippen molar-refractivity contribution in [1.29, 1.82) is 0 Å². The number of halogens is 1. The van der Waals surface area contributed by atoms with Crippen LogP contribution < -0.4 is 15.5 Å². The molecule has 2 heterocycles. The third-order valence-corrected chi connectivity index (χ3v) is 3.44. The lowest BCUT2D eigenvalue weighted by Gasteiger charge is -2.17. The average Bonchev–Trinajstić information content (AvgIpc) is 2.86. The van der Waals surface area contributed by atoms with Crippen molar-refractivity contribution in [1.82, 2.24) is 20.6 Å². The summed E-state index contributed by atoms with van der Waals surface area (Å²) in [6, 6.07) is 3.97. The van der Waals surface area contributed by atoms with Gasteiger partial charge in [0.2, 0.25) is 5.89 Å². The van der Waals surface area contributed by atoms with Gasteiger partial charge in [-0.1, -0.05) is 6.07 Å². The normalized spacial score (nSPS) is 11.0. The Morgan fingerprint density at radius 2 is 1.96 bits per heavy atom. The smallest absolute Gasteiger partial charge is 0.214 e. The summed E-state index contributed by atoms with van der Waals surface area (Å²) in [4.78, 5) is 14.9. The Balaban J connectivity index is 0.00000288. The second-order valence-electron chi connectivity index (χ2n) is 5.41. The molecule has 0 amide bonds. The van der Waals surface area contributed by atoms with Crippen LogP contribution in [-0.4, -0.2) is 37.1 Å². The van der Waals surface area contributed by atoms with Crippen LogP contribution in [0.25, 0.3) is 0 Å². The van der Waals surface area contributed by atoms with Gasteiger partial charge in [0.05, 0.1) is 12.2 Å². The highest BCUT2D eigenvalue weighted by molar-refractivity contribution is 14.0. The summed E-state index contributed by atoms with van der Waals surface area (Å²) < 4.78 is 5.55. The summed E-state index contributed by atoms with van der Waals surface area (Å²) in [6.07, 6.45) is 1.79. The molecule has 2 rings (SSSR count). The van der Waals surface area contributed by atoms with Crippen molar-refractivity contribution in [3.63, 3.8) is 0 Å². The molecule has 0 saturated heterocycles. The molecule has 8 heteroatoms. The summed E-state index contributed by atoms with van der Waals surface area (Å²) in [5, 5.41) is 6.47. The van der Waals surface area contributed by atoms with Crippen LogP contribution in [0.4, 0.5) is 5.82 Å². The van der Waals surface area contributed by atoms with Crippen LogP contribution in [0.1, 0.15) is 22.9 Å². The Kier molecular flexibility index (Phi) is 7.96. The fourth-order valence-corrected chi connectivity index (χ4v) is 2.14. The van der Waals surface area contributed by atoms with Gasteiger partial charge in [0.25, 0.3) is 0 Å². The van der Waals surface area contributed by atoms with Gasteiger partial charge in [-0.3, -0.25) is 4.99 Å². The molecule has 24 heavy (non-hydrogen) atoms. The molecule has 2 aromatic rings. The van der Waals surface area contributed by atoms with Crippen LogP contribution in [0.5, 0.6) is 0 Å². The van der Waals surface area contributed by atoms with E-state index in [1.54, 1.807) is 13.2 Å². The van der Waals surface area contributed by atoms with E-state index in [2.05, 4.69) is 25.6 Å². The van der Waals surface area contributed by atoms with Crippen molar-refractivity contribution in [2.75, 3.05) is 26.0 Å². The maximum absolute atomic E-state index is 5.55. The average molecular weight is 444 g/mol. The van der Waals surface area contributed by atoms with Crippen LogP contribution in [0.3, 0.4) is 0 Å². The van der Waals surface area contributed by atoms with Crippen molar-refractivity contribution >= 4 is 35.8 Å². The SMILES string of the molecule is CN=C(NCc1nc(C)c(C)o1)NCc1cccnc1N(C)C.I. The van der Waals surface area contributed by atoms with Crippen molar-refractivity contribution < 1.29 is 4.42 Å². The number of oxazole rings is 1. The molecule has 0 aliphatic carbocycles. The molecule has 132 valence electrons. The topological polar surface area (TPSA) is 78.6 Å². The molecule has 0 saturated carbocycles. The van der Waals surface area contributed by atoms with E-state index >= 15 is 0 Å². The molecular weight excluding hydrogens is 419 g/mol. The van der Waals surface area contributed by atoms with Crippen LogP contribution in [0.15, 0.2) is 27.7 Å². The van der Waals surface area contributed by atoms with Crippen molar-refractivity contribution in [3.8, 4) is 0 Å². The van der Waals surface area contributed by atoms with E-state index in [4.69, 9.17) is 4.42 Å². The van der Waals surface area contributed by atoms with Gasteiger partial charge in [-0.25, -0.2) is 9.97 Å². The van der Waals surface area contributed by atoms with Crippen molar-refractivity contribution in [2.24, 2.45) is 4.99 Å². The minimum Gasteiger partial charge on any atom is -0.444 e. The van der Waals surface area contributed by atoms with Gasteiger partial charge in [0.15, 0.2) is 5.96 Å². The summed E-state index contributed by atoms with van der Waals surface area (Å²) >= 11 is 0. The van der Waals surface area contributed by atoms with Gasteiger partial charge in [0, 0.05) is 39.4 Å². The van der Waals surface area contributed by atoms with E-state index in [0.29, 0.717) is 24.9 Å². The Bertz CT molecular complexity index is 663. The first-order chi connectivity index (χ1) is 11.0. The molecule has 2 N–H and O–H groups in total. The van der Waals surface area contributed by atoms with Crippen LogP contribution in [0.2, 0.25) is 0 Å². The van der Waals surface area contributed by atoms with Gasteiger partial charge in [-0.2, -0.15) is 0 Å². The second kappa shape index (κ2) is 9.45. The molecule has 2 aromatic heterocycles. The standard InChI is InChI=1S/C16H24N6O.HI/c1-11-12(2)23-14(21-11)10-20-16(17-3)19-9-13-7-6-8-18-15(13)22(4)5;/h6-8H,9-10H2,1-5H3,(H2,17,19,20);1H. The van der Waals surface area contributed by atoms with Gasteiger partial charge < -0.3 is 20.0 Å². The van der Waals surface area contributed by atoms with E-state index < -0.39 is 0 Å². The summed E-state index contributed by atoms with van der Waals surface area (Å²) in [5.74, 6) is 3.12. The number of aromatic nitrogens is 2. The van der Waals surface area contributed by atoms with E-state index in [0.717, 1.165) is 22.8 Å². The third-order valence-electron chi connectivity index (χ3n) is 3.44. The Labute approximate surface area is 160 Å².